The van der Waals surface area contributed by atoms with Gasteiger partial charge in [0.05, 0.1) is 7.11 Å². The van der Waals surface area contributed by atoms with Crippen LogP contribution < -0.4 is 14.5 Å². The zero-order chi connectivity index (χ0) is 15.7. The van der Waals surface area contributed by atoms with E-state index in [-0.39, 0.29) is 10.2 Å². The molecule has 0 aliphatic heterocycles. The van der Waals surface area contributed by atoms with Crippen LogP contribution in [0.3, 0.4) is 0 Å². The summed E-state index contributed by atoms with van der Waals surface area (Å²) in [6, 6.07) is 0.907. The molecular formula is C12H14BrF2O4P-2. The second-order valence-corrected chi connectivity index (χ2v) is 6.49. The fourth-order valence-corrected chi connectivity index (χ4v) is 3.54. The van der Waals surface area contributed by atoms with E-state index >= 15 is 0 Å². The Bertz CT molecular complexity index is 557. The van der Waals surface area contributed by atoms with Gasteiger partial charge in [0, 0.05) is 17.6 Å². The van der Waals surface area contributed by atoms with Gasteiger partial charge in [-0.25, -0.2) is 0 Å². The van der Waals surface area contributed by atoms with Crippen molar-refractivity contribution < 1.29 is 27.9 Å². The molecule has 0 atom stereocenters. The Morgan fingerprint density at radius 3 is 2.15 bits per heavy atom. The number of alkyl halides is 2. The molecule has 0 aromatic heterocycles. The number of methoxy groups -OCH3 is 1. The summed E-state index contributed by atoms with van der Waals surface area (Å²) in [4.78, 5) is 21.6. The van der Waals surface area contributed by atoms with Crippen molar-refractivity contribution in [2.75, 3.05) is 7.11 Å². The lowest BCUT2D eigenvalue weighted by Gasteiger charge is -2.38. The van der Waals surface area contributed by atoms with E-state index in [1.807, 2.05) is 6.92 Å². The standard InChI is InChI=1S/C12H16BrF2O4P/c1-4-7-8(5-2)11(13)9(6-10(7)19-3)12(14,15)20(16,17)18/h6H,4-5H2,1-3H3,(H2,16,17,18)/p-2. The van der Waals surface area contributed by atoms with Crippen LogP contribution in [-0.2, 0) is 23.1 Å². The van der Waals surface area contributed by atoms with E-state index in [0.717, 1.165) is 6.07 Å². The van der Waals surface area contributed by atoms with Crippen LogP contribution in [0.15, 0.2) is 10.5 Å². The minimum atomic E-state index is -6.12. The maximum Gasteiger partial charge on any atom is 0.298 e. The molecule has 1 rings (SSSR count). The Morgan fingerprint density at radius 2 is 1.80 bits per heavy atom. The number of hydrogen-bond donors (Lipinski definition) is 0. The van der Waals surface area contributed by atoms with E-state index in [0.29, 0.717) is 24.0 Å². The third-order valence-electron chi connectivity index (χ3n) is 3.03. The molecule has 8 heteroatoms. The van der Waals surface area contributed by atoms with E-state index in [9.17, 15) is 23.1 Å². The molecule has 1 aromatic rings. The fourth-order valence-electron chi connectivity index (χ4n) is 2.03. The van der Waals surface area contributed by atoms with Gasteiger partial charge in [0.2, 0.25) is 0 Å². The topological polar surface area (TPSA) is 72.4 Å². The summed E-state index contributed by atoms with van der Waals surface area (Å²) in [5.74, 6) is 0.149. The average molecular weight is 371 g/mol. The summed E-state index contributed by atoms with van der Waals surface area (Å²) in [7, 11) is -4.82. The molecule has 0 aliphatic carbocycles. The van der Waals surface area contributed by atoms with Crippen molar-refractivity contribution in [3.8, 4) is 5.75 Å². The molecule has 20 heavy (non-hydrogen) atoms. The highest BCUT2D eigenvalue weighted by Crippen LogP contribution is 2.56. The highest BCUT2D eigenvalue weighted by atomic mass is 79.9. The minimum absolute atomic E-state index is 0.0606. The van der Waals surface area contributed by atoms with Gasteiger partial charge in [0.15, 0.2) is 0 Å². The van der Waals surface area contributed by atoms with Crippen molar-refractivity contribution in [1.29, 1.82) is 0 Å². The van der Waals surface area contributed by atoms with E-state index in [4.69, 9.17) is 4.74 Å². The van der Waals surface area contributed by atoms with Crippen molar-refractivity contribution in [1.82, 2.24) is 0 Å². The summed E-state index contributed by atoms with van der Waals surface area (Å²) in [5, 5.41) is 0. The van der Waals surface area contributed by atoms with Crippen molar-refractivity contribution >= 4 is 23.5 Å². The third-order valence-corrected chi connectivity index (χ3v) is 4.87. The molecule has 0 radical (unpaired) electrons. The van der Waals surface area contributed by atoms with Gasteiger partial charge >= 0.3 is 0 Å². The molecule has 0 bridgehead atoms. The van der Waals surface area contributed by atoms with Crippen LogP contribution in [0.4, 0.5) is 8.78 Å². The summed E-state index contributed by atoms with van der Waals surface area (Å²) in [6.45, 7) is 3.57. The van der Waals surface area contributed by atoms with Crippen LogP contribution in [0.25, 0.3) is 0 Å². The van der Waals surface area contributed by atoms with Crippen LogP contribution in [0.5, 0.6) is 5.75 Å². The normalized spacial score (nSPS) is 12.6. The van der Waals surface area contributed by atoms with Gasteiger partial charge in [0.1, 0.15) is 5.75 Å². The summed E-state index contributed by atoms with van der Waals surface area (Å²) in [6.07, 6.45) is 0.926. The first-order valence-corrected chi connectivity index (χ1v) is 8.23. The van der Waals surface area contributed by atoms with Gasteiger partial charge in [-0.2, -0.15) is 8.78 Å². The number of ether oxygens (including phenoxy) is 1. The van der Waals surface area contributed by atoms with Crippen molar-refractivity contribution in [2.24, 2.45) is 0 Å². The second-order valence-electron chi connectivity index (χ2n) is 4.14. The van der Waals surface area contributed by atoms with Crippen molar-refractivity contribution in [3.63, 3.8) is 0 Å². The second kappa shape index (κ2) is 6.10. The van der Waals surface area contributed by atoms with E-state index in [2.05, 4.69) is 15.9 Å². The van der Waals surface area contributed by atoms with Crippen LogP contribution in [0.1, 0.15) is 30.5 Å². The Balaban J connectivity index is 3.70. The molecule has 1 aromatic carbocycles. The van der Waals surface area contributed by atoms with Crippen molar-refractivity contribution in [2.45, 2.75) is 32.4 Å². The monoisotopic (exact) mass is 370 g/mol. The van der Waals surface area contributed by atoms with Gasteiger partial charge in [-0.15, -0.1) is 0 Å². The smallest absolute Gasteiger partial charge is 0.298 e. The average Bonchev–Trinajstić information content (AvgIpc) is 2.36. The summed E-state index contributed by atoms with van der Waals surface area (Å²) in [5.41, 5.74) is -4.16. The Labute approximate surface area is 124 Å². The largest absolute Gasteiger partial charge is 0.806 e. The highest BCUT2D eigenvalue weighted by molar-refractivity contribution is 9.10. The molecule has 0 aliphatic rings. The first-order chi connectivity index (χ1) is 9.11. The minimum Gasteiger partial charge on any atom is -0.806 e. The number of halogens is 3. The number of hydrogen-bond acceptors (Lipinski definition) is 4. The SMILES string of the molecule is CCc1c(OC)cc(C(F)(F)P(=O)([O-])[O-])c(Br)c1CC. The number of rotatable bonds is 5. The lowest BCUT2D eigenvalue weighted by molar-refractivity contribution is -0.335. The van der Waals surface area contributed by atoms with E-state index < -0.39 is 18.8 Å². The molecule has 0 N–H and O–H groups in total. The Hall–Kier alpha value is -0.490. The maximum absolute atomic E-state index is 13.8. The fraction of sp³-hybridized carbons (Fsp3) is 0.500. The first kappa shape index (κ1) is 17.6. The third kappa shape index (κ3) is 2.91. The molecule has 0 fully saturated rings. The first-order valence-electron chi connectivity index (χ1n) is 5.90. The zero-order valence-electron chi connectivity index (χ0n) is 11.2. The number of benzene rings is 1. The molecule has 0 spiro atoms. The van der Waals surface area contributed by atoms with Crippen LogP contribution in [0, 0.1) is 0 Å². The summed E-state index contributed by atoms with van der Waals surface area (Å²) >= 11 is 2.99. The maximum atomic E-state index is 13.8. The van der Waals surface area contributed by atoms with Gasteiger partial charge < -0.3 is 19.1 Å². The lowest BCUT2D eigenvalue weighted by atomic mass is 9.98. The zero-order valence-corrected chi connectivity index (χ0v) is 13.7. The van der Waals surface area contributed by atoms with Gasteiger partial charge in [-0.05, 0) is 46.0 Å². The molecular weight excluding hydrogens is 357 g/mol. The van der Waals surface area contributed by atoms with Gasteiger partial charge in [-0.1, -0.05) is 13.8 Å². The molecule has 0 saturated heterocycles. The Kier molecular flexibility index (Phi) is 5.35. The predicted molar refractivity (Wildman–Crippen MR) is 71.0 cm³/mol. The van der Waals surface area contributed by atoms with Crippen LogP contribution >= 0.6 is 23.5 Å². The highest BCUT2D eigenvalue weighted by Gasteiger charge is 2.39. The lowest BCUT2D eigenvalue weighted by Crippen LogP contribution is -2.30. The van der Waals surface area contributed by atoms with Crippen LogP contribution in [-0.4, -0.2) is 7.11 Å². The molecule has 0 unspecified atom stereocenters. The molecule has 0 amide bonds. The van der Waals surface area contributed by atoms with E-state index in [1.165, 1.54) is 7.11 Å². The van der Waals surface area contributed by atoms with Gasteiger partial charge in [-0.3, -0.25) is 0 Å². The Morgan fingerprint density at radius 1 is 1.30 bits per heavy atom. The molecule has 4 nitrogen and oxygen atoms in total. The van der Waals surface area contributed by atoms with Crippen LogP contribution in [0.2, 0.25) is 0 Å². The predicted octanol–water partition coefficient (Wildman–Crippen LogP) is 2.55. The van der Waals surface area contributed by atoms with Crippen molar-refractivity contribution in [3.05, 3.63) is 27.2 Å². The molecule has 0 heterocycles. The summed E-state index contributed by atoms with van der Waals surface area (Å²) < 4.78 is 43.4. The van der Waals surface area contributed by atoms with E-state index in [1.54, 1.807) is 6.92 Å². The molecule has 114 valence electrons. The molecule has 0 saturated carbocycles. The quantitative estimate of drug-likeness (QED) is 0.746. The van der Waals surface area contributed by atoms with Gasteiger partial charge in [0.25, 0.3) is 5.66 Å².